The largest absolute Gasteiger partial charge is 0.456 e. The molecule has 0 saturated heterocycles. The standard InChI is InChI=1S/C51H34N4O/c1-5-15-35(16-6-1)36-25-29-42(30-26-36)55(41-21-11-4-12-22-41)43-31-27-37(28-32-43)40-33-45(48-44-23-13-14-24-46(44)56-47(48)34-40)51-53-49(38-17-7-2-8-18-38)52-50(54-51)39-19-9-3-10-20-39/h1-34H/i4D,11D,12D,21D,22D. The molecule has 0 N–H and O–H groups in total. The van der Waals surface area contributed by atoms with E-state index in [2.05, 4.69) is 6.07 Å². The maximum atomic E-state index is 8.95. The summed E-state index contributed by atoms with van der Waals surface area (Å²) in [5, 5.41) is 1.82. The third kappa shape index (κ3) is 6.27. The minimum absolute atomic E-state index is 0.0514. The van der Waals surface area contributed by atoms with Gasteiger partial charge in [-0.15, -0.1) is 0 Å². The Morgan fingerprint density at radius 1 is 0.393 bits per heavy atom. The molecule has 10 aromatic rings. The highest BCUT2D eigenvalue weighted by molar-refractivity contribution is 6.13. The predicted octanol–water partition coefficient (Wildman–Crippen LogP) is 13.6. The van der Waals surface area contributed by atoms with Crippen molar-refractivity contribution in [3.8, 4) is 56.4 Å². The molecular weight excluding hydrogens is 685 g/mol. The lowest BCUT2D eigenvalue weighted by Gasteiger charge is -2.26. The van der Waals surface area contributed by atoms with Gasteiger partial charge < -0.3 is 9.32 Å². The van der Waals surface area contributed by atoms with Crippen molar-refractivity contribution in [3.05, 3.63) is 206 Å². The zero-order chi connectivity index (χ0) is 41.6. The summed E-state index contributed by atoms with van der Waals surface area (Å²) in [6, 6.07) is 55.3. The topological polar surface area (TPSA) is 55.1 Å². The maximum absolute atomic E-state index is 8.95. The molecule has 10 rings (SSSR count). The Morgan fingerprint density at radius 3 is 1.46 bits per heavy atom. The van der Waals surface area contributed by atoms with Crippen molar-refractivity contribution in [1.29, 1.82) is 0 Å². The van der Waals surface area contributed by atoms with Crippen molar-refractivity contribution in [2.45, 2.75) is 0 Å². The molecule has 2 heterocycles. The van der Waals surface area contributed by atoms with Crippen LogP contribution in [0.1, 0.15) is 6.85 Å². The van der Waals surface area contributed by atoms with E-state index in [1.165, 1.54) is 0 Å². The molecule has 2 aromatic heterocycles. The van der Waals surface area contributed by atoms with E-state index < -0.39 is 18.1 Å². The smallest absolute Gasteiger partial charge is 0.164 e. The zero-order valence-corrected chi connectivity index (χ0v) is 29.9. The van der Waals surface area contributed by atoms with Gasteiger partial charge in [0.1, 0.15) is 11.2 Å². The average molecular weight is 724 g/mol. The number of fused-ring (bicyclic) bond motifs is 3. The number of anilines is 3. The van der Waals surface area contributed by atoms with Crippen LogP contribution in [-0.4, -0.2) is 15.0 Å². The molecule has 0 fully saturated rings. The summed E-state index contributed by atoms with van der Waals surface area (Å²) < 4.78 is 49.7. The normalized spacial score (nSPS) is 12.5. The van der Waals surface area contributed by atoms with Gasteiger partial charge in [0, 0.05) is 44.5 Å². The maximum Gasteiger partial charge on any atom is 0.164 e. The fourth-order valence-corrected chi connectivity index (χ4v) is 7.13. The average Bonchev–Trinajstić information content (AvgIpc) is 3.71. The van der Waals surface area contributed by atoms with Crippen molar-refractivity contribution in [3.63, 3.8) is 0 Å². The molecule has 0 spiro atoms. The highest BCUT2D eigenvalue weighted by Crippen LogP contribution is 2.41. The Bertz CT molecular complexity index is 3150. The molecule has 56 heavy (non-hydrogen) atoms. The molecule has 8 aromatic carbocycles. The van der Waals surface area contributed by atoms with Crippen LogP contribution in [-0.2, 0) is 0 Å². The minimum Gasteiger partial charge on any atom is -0.456 e. The SMILES string of the molecule is [2H]c1c([2H])c([2H])c(N(c2ccc(-c3ccccc3)cc2)c2ccc(-c3cc(-c4nc(-c5ccccc5)nc(-c5ccccc5)n4)c4c(c3)oc3ccccc34)cc2)c([2H])c1[2H]. The summed E-state index contributed by atoms with van der Waals surface area (Å²) >= 11 is 0. The number of benzene rings is 8. The second-order valence-electron chi connectivity index (χ2n) is 13.3. The molecule has 0 unspecified atom stereocenters. The van der Waals surface area contributed by atoms with E-state index in [1.54, 1.807) is 4.90 Å². The summed E-state index contributed by atoms with van der Waals surface area (Å²) in [6.45, 7) is 0. The Labute approximate surface area is 331 Å². The molecule has 0 bridgehead atoms. The molecule has 0 aliphatic heterocycles. The van der Waals surface area contributed by atoms with Gasteiger partial charge in [-0.2, -0.15) is 0 Å². The van der Waals surface area contributed by atoms with Crippen LogP contribution < -0.4 is 4.90 Å². The van der Waals surface area contributed by atoms with E-state index in [0.717, 1.165) is 55.3 Å². The summed E-state index contributed by atoms with van der Waals surface area (Å²) in [4.78, 5) is 16.8. The molecule has 0 saturated carbocycles. The predicted molar refractivity (Wildman–Crippen MR) is 229 cm³/mol. The molecule has 0 amide bonds. The van der Waals surface area contributed by atoms with Crippen LogP contribution in [0.4, 0.5) is 17.1 Å². The van der Waals surface area contributed by atoms with E-state index in [0.29, 0.717) is 34.4 Å². The number of hydrogen-bond acceptors (Lipinski definition) is 5. The van der Waals surface area contributed by atoms with Crippen LogP contribution in [0.2, 0.25) is 0 Å². The molecule has 5 heteroatoms. The van der Waals surface area contributed by atoms with E-state index in [4.69, 9.17) is 26.2 Å². The Kier molecular flexibility index (Phi) is 7.13. The van der Waals surface area contributed by atoms with Crippen molar-refractivity contribution in [1.82, 2.24) is 15.0 Å². The number of rotatable bonds is 8. The number of furan rings is 1. The number of hydrogen-bond donors (Lipinski definition) is 0. The zero-order valence-electron chi connectivity index (χ0n) is 34.9. The Balaban J connectivity index is 1.14. The van der Waals surface area contributed by atoms with Gasteiger partial charge in [0.25, 0.3) is 0 Å². The van der Waals surface area contributed by atoms with Gasteiger partial charge in [0.15, 0.2) is 17.5 Å². The first-order valence-corrected chi connectivity index (χ1v) is 18.3. The Morgan fingerprint density at radius 2 is 0.875 bits per heavy atom. The summed E-state index contributed by atoms with van der Waals surface area (Å²) in [7, 11) is 0. The minimum atomic E-state index is -0.449. The van der Waals surface area contributed by atoms with E-state index in [-0.39, 0.29) is 17.8 Å². The molecule has 0 atom stereocenters. The highest BCUT2D eigenvalue weighted by Gasteiger charge is 2.20. The first-order valence-electron chi connectivity index (χ1n) is 20.8. The summed E-state index contributed by atoms with van der Waals surface area (Å²) in [6.07, 6.45) is 0. The van der Waals surface area contributed by atoms with Crippen molar-refractivity contribution in [2.24, 2.45) is 0 Å². The van der Waals surface area contributed by atoms with Gasteiger partial charge >= 0.3 is 0 Å². The lowest BCUT2D eigenvalue weighted by molar-refractivity contribution is 0.669. The molecule has 0 radical (unpaired) electrons. The Hall–Kier alpha value is -7.63. The van der Waals surface area contributed by atoms with E-state index in [1.807, 2.05) is 170 Å². The van der Waals surface area contributed by atoms with Crippen LogP contribution in [0.5, 0.6) is 0 Å². The fourth-order valence-electron chi connectivity index (χ4n) is 7.13. The van der Waals surface area contributed by atoms with Crippen molar-refractivity contribution < 1.29 is 11.3 Å². The van der Waals surface area contributed by atoms with Gasteiger partial charge in [0.2, 0.25) is 0 Å². The van der Waals surface area contributed by atoms with Crippen LogP contribution >= 0.6 is 0 Å². The van der Waals surface area contributed by atoms with Gasteiger partial charge in [-0.25, -0.2) is 15.0 Å². The molecular formula is C51H34N4O. The lowest BCUT2D eigenvalue weighted by atomic mass is 9.97. The second-order valence-corrected chi connectivity index (χ2v) is 13.3. The molecule has 264 valence electrons. The third-order valence-electron chi connectivity index (χ3n) is 9.82. The van der Waals surface area contributed by atoms with Crippen LogP contribution in [0.3, 0.4) is 0 Å². The van der Waals surface area contributed by atoms with Crippen LogP contribution in [0.25, 0.3) is 78.4 Å². The monoisotopic (exact) mass is 723 g/mol. The number of para-hydroxylation sites is 2. The van der Waals surface area contributed by atoms with Crippen LogP contribution in [0, 0.1) is 0 Å². The first kappa shape index (κ1) is 27.9. The third-order valence-corrected chi connectivity index (χ3v) is 9.82. The van der Waals surface area contributed by atoms with Crippen LogP contribution in [0.15, 0.2) is 211 Å². The number of nitrogens with zero attached hydrogens (tertiary/aromatic N) is 4. The molecule has 0 aliphatic rings. The first-order chi connectivity index (χ1) is 29.8. The van der Waals surface area contributed by atoms with Crippen molar-refractivity contribution >= 4 is 39.0 Å². The summed E-state index contributed by atoms with van der Waals surface area (Å²) in [5.41, 5.74) is 8.93. The van der Waals surface area contributed by atoms with Gasteiger partial charge in [0.05, 0.1) is 6.85 Å². The summed E-state index contributed by atoms with van der Waals surface area (Å²) in [5.74, 6) is 1.59. The van der Waals surface area contributed by atoms with Gasteiger partial charge in [-0.3, -0.25) is 0 Å². The fraction of sp³-hybridized carbons (Fsp3) is 0. The van der Waals surface area contributed by atoms with E-state index >= 15 is 0 Å². The number of aromatic nitrogens is 3. The quantitative estimate of drug-likeness (QED) is 0.156. The van der Waals surface area contributed by atoms with Gasteiger partial charge in [-0.1, -0.05) is 152 Å². The van der Waals surface area contributed by atoms with E-state index in [9.17, 15) is 0 Å². The second kappa shape index (κ2) is 14.3. The molecule has 5 nitrogen and oxygen atoms in total. The van der Waals surface area contributed by atoms with Crippen molar-refractivity contribution in [2.75, 3.05) is 4.90 Å². The highest BCUT2D eigenvalue weighted by atomic mass is 16.3. The molecule has 0 aliphatic carbocycles. The van der Waals surface area contributed by atoms with Gasteiger partial charge in [-0.05, 0) is 76.8 Å². The lowest BCUT2D eigenvalue weighted by Crippen LogP contribution is -2.09.